The third-order valence-electron chi connectivity index (χ3n) is 6.32. The summed E-state index contributed by atoms with van der Waals surface area (Å²) in [6.45, 7) is 5.45. The van der Waals surface area contributed by atoms with E-state index in [1.165, 1.54) is 18.5 Å². The zero-order valence-corrected chi connectivity index (χ0v) is 17.5. The monoisotopic (exact) mass is 416 g/mol. The molecule has 0 radical (unpaired) electrons. The summed E-state index contributed by atoms with van der Waals surface area (Å²) in [6.07, 6.45) is 4.90. The Hall–Kier alpha value is -1.93. The first-order chi connectivity index (χ1) is 14.1. The van der Waals surface area contributed by atoms with Gasteiger partial charge in [0, 0.05) is 38.4 Å². The zero-order chi connectivity index (χ0) is 19.8. The molecule has 1 unspecified atom stereocenters. The van der Waals surface area contributed by atoms with E-state index >= 15 is 0 Å². The van der Waals surface area contributed by atoms with Crippen molar-refractivity contribution in [1.82, 2.24) is 14.9 Å². The molecule has 3 aliphatic rings. The lowest BCUT2D eigenvalue weighted by molar-refractivity contribution is 0.227. The molecule has 2 saturated heterocycles. The first-order valence-corrected chi connectivity index (χ1v) is 12.4. The molecule has 1 aromatic carbocycles. The molecule has 0 bridgehead atoms. The summed E-state index contributed by atoms with van der Waals surface area (Å²) in [5, 5.41) is 0.976. The van der Waals surface area contributed by atoms with Gasteiger partial charge in [0.05, 0.1) is 29.0 Å². The normalized spacial score (nSPS) is 24.8. The van der Waals surface area contributed by atoms with Crippen molar-refractivity contribution in [3.05, 3.63) is 24.5 Å². The Labute approximate surface area is 172 Å². The quantitative estimate of drug-likeness (QED) is 0.713. The van der Waals surface area contributed by atoms with Crippen molar-refractivity contribution in [1.29, 1.82) is 0 Å². The Kier molecular flexibility index (Phi) is 5.07. The van der Waals surface area contributed by atoms with Crippen LogP contribution in [0.5, 0.6) is 5.88 Å². The number of fused-ring (bicyclic) bond motifs is 1. The van der Waals surface area contributed by atoms with E-state index in [1.54, 1.807) is 6.33 Å². The molecule has 156 valence electrons. The first-order valence-electron chi connectivity index (χ1n) is 10.6. The lowest BCUT2D eigenvalue weighted by Gasteiger charge is -2.37. The lowest BCUT2D eigenvalue weighted by atomic mass is 10.1. The smallest absolute Gasteiger partial charge is 0.224 e. The van der Waals surface area contributed by atoms with Crippen molar-refractivity contribution >= 4 is 26.4 Å². The van der Waals surface area contributed by atoms with Crippen molar-refractivity contribution in [3.8, 4) is 5.88 Å². The van der Waals surface area contributed by atoms with Gasteiger partial charge in [0.15, 0.2) is 9.84 Å². The number of rotatable bonds is 6. The van der Waals surface area contributed by atoms with Gasteiger partial charge in [-0.1, -0.05) is 0 Å². The topological polar surface area (TPSA) is 75.6 Å². The van der Waals surface area contributed by atoms with Crippen LogP contribution >= 0.6 is 0 Å². The van der Waals surface area contributed by atoms with Crippen molar-refractivity contribution < 1.29 is 13.2 Å². The molecule has 1 saturated carbocycles. The molecule has 2 aromatic rings. The van der Waals surface area contributed by atoms with E-state index in [4.69, 9.17) is 4.74 Å². The molecule has 7 nitrogen and oxygen atoms in total. The maximum absolute atomic E-state index is 11.7. The number of sulfone groups is 1. The largest absolute Gasteiger partial charge is 0.477 e. The molecule has 5 rings (SSSR count). The van der Waals surface area contributed by atoms with E-state index in [0.717, 1.165) is 56.7 Å². The summed E-state index contributed by atoms with van der Waals surface area (Å²) in [6, 6.07) is 6.32. The van der Waals surface area contributed by atoms with Crippen molar-refractivity contribution in [2.45, 2.75) is 19.3 Å². The van der Waals surface area contributed by atoms with Gasteiger partial charge >= 0.3 is 0 Å². The highest BCUT2D eigenvalue weighted by molar-refractivity contribution is 7.91. The Morgan fingerprint density at radius 3 is 2.59 bits per heavy atom. The number of aromatic nitrogens is 2. The van der Waals surface area contributed by atoms with Crippen LogP contribution in [0.15, 0.2) is 24.5 Å². The third-order valence-corrected chi connectivity index (χ3v) is 8.15. The number of anilines is 1. The average molecular weight is 417 g/mol. The molecule has 0 N–H and O–H groups in total. The summed E-state index contributed by atoms with van der Waals surface area (Å²) in [5.74, 6) is 2.40. The van der Waals surface area contributed by atoms with Gasteiger partial charge in [0.2, 0.25) is 5.88 Å². The Balaban J connectivity index is 1.23. The van der Waals surface area contributed by atoms with Crippen LogP contribution in [0.2, 0.25) is 0 Å². The molecule has 0 amide bonds. The molecule has 3 heterocycles. The summed E-state index contributed by atoms with van der Waals surface area (Å²) in [4.78, 5) is 13.6. The Morgan fingerprint density at radius 2 is 1.86 bits per heavy atom. The first kappa shape index (κ1) is 19.1. The predicted molar refractivity (Wildman–Crippen MR) is 113 cm³/mol. The molecule has 1 aromatic heterocycles. The van der Waals surface area contributed by atoms with Gasteiger partial charge in [-0.15, -0.1) is 0 Å². The van der Waals surface area contributed by atoms with Gasteiger partial charge in [0.25, 0.3) is 0 Å². The number of ether oxygens (including phenoxy) is 1. The molecular formula is C21H28N4O3S. The fraction of sp³-hybridized carbons (Fsp3) is 0.619. The van der Waals surface area contributed by atoms with Crippen LogP contribution in [0.1, 0.15) is 19.3 Å². The van der Waals surface area contributed by atoms with Crippen molar-refractivity contribution in [2.24, 2.45) is 11.8 Å². The minimum Gasteiger partial charge on any atom is -0.477 e. The minimum absolute atomic E-state index is 0.301. The molecule has 8 heteroatoms. The SMILES string of the molecule is O=S1(=O)CCC(CN2CCN(c3ccc4ncnc(OCC5CC5)c4c3)CC2)C1. The van der Waals surface area contributed by atoms with Gasteiger partial charge in [0.1, 0.15) is 6.33 Å². The van der Waals surface area contributed by atoms with Crippen molar-refractivity contribution in [3.63, 3.8) is 0 Å². The van der Waals surface area contributed by atoms with Crippen LogP contribution in [-0.4, -0.2) is 74.1 Å². The summed E-state index contributed by atoms with van der Waals surface area (Å²) < 4.78 is 29.4. The molecule has 1 atom stereocenters. The van der Waals surface area contributed by atoms with Crippen molar-refractivity contribution in [2.75, 3.05) is 55.7 Å². The second kappa shape index (κ2) is 7.72. The van der Waals surface area contributed by atoms with Crippen LogP contribution in [0.3, 0.4) is 0 Å². The molecule has 3 fully saturated rings. The van der Waals surface area contributed by atoms with E-state index in [-0.39, 0.29) is 0 Å². The number of piperazine rings is 1. The highest BCUT2D eigenvalue weighted by atomic mass is 32.2. The van der Waals surface area contributed by atoms with Crippen LogP contribution in [-0.2, 0) is 9.84 Å². The molecule has 2 aliphatic heterocycles. The second-order valence-corrected chi connectivity index (χ2v) is 10.9. The highest BCUT2D eigenvalue weighted by Gasteiger charge is 2.30. The minimum atomic E-state index is -2.79. The van der Waals surface area contributed by atoms with Gasteiger partial charge < -0.3 is 9.64 Å². The van der Waals surface area contributed by atoms with Crippen LogP contribution < -0.4 is 9.64 Å². The van der Waals surface area contributed by atoms with E-state index in [9.17, 15) is 8.42 Å². The maximum atomic E-state index is 11.7. The van der Waals surface area contributed by atoms with E-state index in [1.807, 2.05) is 6.07 Å². The lowest BCUT2D eigenvalue weighted by Crippen LogP contribution is -2.48. The van der Waals surface area contributed by atoms with Crippen LogP contribution in [0.4, 0.5) is 5.69 Å². The number of nitrogens with zero attached hydrogens (tertiary/aromatic N) is 4. The zero-order valence-electron chi connectivity index (χ0n) is 16.7. The fourth-order valence-corrected chi connectivity index (χ4v) is 6.23. The van der Waals surface area contributed by atoms with E-state index in [2.05, 4.69) is 31.9 Å². The number of benzene rings is 1. The van der Waals surface area contributed by atoms with Gasteiger partial charge in [-0.2, -0.15) is 0 Å². The standard InChI is InChI=1S/C21H28N4O3S/c26-29(27)10-5-17(14-29)12-24-6-8-25(9-7-24)18-3-4-20-19(11-18)21(23-15-22-20)28-13-16-1-2-16/h3-4,11,15-17H,1-2,5-10,12-14H2. The summed E-state index contributed by atoms with van der Waals surface area (Å²) in [5.41, 5.74) is 2.09. The van der Waals surface area contributed by atoms with Crippen LogP contribution in [0, 0.1) is 11.8 Å². The van der Waals surface area contributed by atoms with E-state index in [0.29, 0.717) is 29.2 Å². The van der Waals surface area contributed by atoms with Gasteiger partial charge in [-0.3, -0.25) is 4.90 Å². The number of hydrogen-bond acceptors (Lipinski definition) is 7. The number of hydrogen-bond donors (Lipinski definition) is 0. The van der Waals surface area contributed by atoms with Gasteiger partial charge in [-0.05, 0) is 49.3 Å². The van der Waals surface area contributed by atoms with E-state index < -0.39 is 9.84 Å². The summed E-state index contributed by atoms with van der Waals surface area (Å²) >= 11 is 0. The Bertz CT molecular complexity index is 985. The molecule has 29 heavy (non-hydrogen) atoms. The molecule has 0 spiro atoms. The average Bonchev–Trinajstić information content (AvgIpc) is 3.49. The summed E-state index contributed by atoms with van der Waals surface area (Å²) in [7, 11) is -2.79. The third kappa shape index (κ3) is 4.48. The predicted octanol–water partition coefficient (Wildman–Crippen LogP) is 1.98. The molecular weight excluding hydrogens is 388 g/mol. The van der Waals surface area contributed by atoms with Crippen LogP contribution in [0.25, 0.3) is 10.9 Å². The highest BCUT2D eigenvalue weighted by Crippen LogP contribution is 2.32. The van der Waals surface area contributed by atoms with Gasteiger partial charge in [-0.25, -0.2) is 18.4 Å². The maximum Gasteiger partial charge on any atom is 0.224 e. The molecule has 1 aliphatic carbocycles. The fourth-order valence-electron chi connectivity index (χ4n) is 4.38. The second-order valence-electron chi connectivity index (χ2n) is 8.69. The Morgan fingerprint density at radius 1 is 1.03 bits per heavy atom.